The second-order valence-electron chi connectivity index (χ2n) is 8.65. The van der Waals surface area contributed by atoms with Gasteiger partial charge in [0.25, 0.3) is 5.91 Å². The predicted molar refractivity (Wildman–Crippen MR) is 125 cm³/mol. The van der Waals surface area contributed by atoms with Crippen LogP contribution in [0.5, 0.6) is 5.75 Å². The molecule has 3 heterocycles. The van der Waals surface area contributed by atoms with E-state index in [1.165, 1.54) is 0 Å². The fourth-order valence-electron chi connectivity index (χ4n) is 4.16. The Bertz CT molecular complexity index is 1190. The molecule has 4 N–H and O–H groups in total. The largest absolute Gasteiger partial charge is 0.492 e. The van der Waals surface area contributed by atoms with Crippen LogP contribution >= 0.6 is 0 Å². The number of fused-ring (bicyclic) bond motifs is 1. The molecule has 2 aliphatic heterocycles. The van der Waals surface area contributed by atoms with Gasteiger partial charge >= 0.3 is 10.2 Å². The molecular formula is C22H26N6O4S. The van der Waals surface area contributed by atoms with E-state index in [1.807, 2.05) is 12.1 Å². The quantitative estimate of drug-likeness (QED) is 0.583. The number of pyridine rings is 1. The van der Waals surface area contributed by atoms with Crippen LogP contribution in [0.25, 0.3) is 0 Å². The number of ether oxygens (including phenoxy) is 1. The molecule has 3 aliphatic rings. The number of carbonyl (C=O) groups excluding carboxylic acids is 1. The normalized spacial score (nSPS) is 21.4. The third-order valence-corrected chi connectivity index (χ3v) is 6.89. The van der Waals surface area contributed by atoms with Crippen LogP contribution in [0.1, 0.15) is 41.6 Å². The fraction of sp³-hybridized carbons (Fsp3) is 0.409. The van der Waals surface area contributed by atoms with Gasteiger partial charge < -0.3 is 20.7 Å². The van der Waals surface area contributed by atoms with Gasteiger partial charge in [-0.15, -0.1) is 4.40 Å². The van der Waals surface area contributed by atoms with Crippen LogP contribution in [0.2, 0.25) is 0 Å². The highest BCUT2D eigenvalue weighted by Gasteiger charge is 2.27. The molecule has 1 aromatic heterocycles. The van der Waals surface area contributed by atoms with Gasteiger partial charge in [-0.25, -0.2) is 4.98 Å². The van der Waals surface area contributed by atoms with Crippen molar-refractivity contribution in [3.63, 3.8) is 0 Å². The molecule has 1 aromatic carbocycles. The molecule has 11 heteroatoms. The number of aromatic nitrogens is 1. The number of anilines is 2. The number of nitrogens with zero attached hydrogens (tertiary/aromatic N) is 3. The third-order valence-electron chi connectivity index (χ3n) is 5.98. The molecule has 2 aromatic rings. The van der Waals surface area contributed by atoms with Crippen LogP contribution in [0, 0.1) is 5.92 Å². The van der Waals surface area contributed by atoms with Gasteiger partial charge in [0.15, 0.2) is 5.84 Å². The van der Waals surface area contributed by atoms with Crippen molar-refractivity contribution in [3.8, 4) is 5.75 Å². The standard InChI is InChI=1S/C22H26N6O4S/c23-21-20-17(26-33(30,31)27-21)4-1-5-18(20)32-13-14-3-2-10-28(12-14)19-9-6-15(11-24-19)22(29)25-16-7-8-16/h1,4-6,9,11,14,16,26H,2-3,7-8,10,12-13H2,(H2,23,27)(H,25,29)/t14-/m0/s1. The van der Waals surface area contributed by atoms with Gasteiger partial charge in [0, 0.05) is 31.2 Å². The highest BCUT2D eigenvalue weighted by molar-refractivity contribution is 7.91. The summed E-state index contributed by atoms with van der Waals surface area (Å²) in [6, 6.07) is 9.13. The van der Waals surface area contributed by atoms with Gasteiger partial charge in [-0.1, -0.05) is 6.07 Å². The van der Waals surface area contributed by atoms with Gasteiger partial charge in [-0.3, -0.25) is 9.52 Å². The molecular weight excluding hydrogens is 444 g/mol. The number of piperidine rings is 1. The summed E-state index contributed by atoms with van der Waals surface area (Å²) in [4.78, 5) is 18.9. The molecule has 1 saturated heterocycles. The number of rotatable bonds is 6. The van der Waals surface area contributed by atoms with Gasteiger partial charge in [0.05, 0.1) is 23.4 Å². The number of hydrogen-bond acceptors (Lipinski definition) is 7. The number of amides is 1. The van der Waals surface area contributed by atoms with Crippen LogP contribution < -0.4 is 25.4 Å². The van der Waals surface area contributed by atoms with Gasteiger partial charge in [-0.2, -0.15) is 8.42 Å². The number of amidine groups is 1. The van der Waals surface area contributed by atoms with E-state index in [9.17, 15) is 13.2 Å². The van der Waals surface area contributed by atoms with Crippen molar-refractivity contribution in [2.45, 2.75) is 31.7 Å². The lowest BCUT2D eigenvalue weighted by molar-refractivity contribution is 0.0950. The zero-order chi connectivity index (χ0) is 23.0. The summed E-state index contributed by atoms with van der Waals surface area (Å²) in [5.74, 6) is 1.44. The molecule has 33 heavy (non-hydrogen) atoms. The second kappa shape index (κ2) is 8.54. The molecule has 174 valence electrons. The van der Waals surface area contributed by atoms with E-state index in [-0.39, 0.29) is 17.7 Å². The Morgan fingerprint density at radius 2 is 2.09 bits per heavy atom. The van der Waals surface area contributed by atoms with E-state index in [2.05, 4.69) is 24.3 Å². The Balaban J connectivity index is 1.22. The monoisotopic (exact) mass is 470 g/mol. The second-order valence-corrected chi connectivity index (χ2v) is 9.99. The maximum Gasteiger partial charge on any atom is 0.344 e. The predicted octanol–water partition coefficient (Wildman–Crippen LogP) is 1.64. The van der Waals surface area contributed by atoms with Gasteiger partial charge in [0.1, 0.15) is 11.6 Å². The number of carbonyl (C=O) groups is 1. The van der Waals surface area contributed by atoms with Gasteiger partial charge in [-0.05, 0) is 49.9 Å². The molecule has 0 spiro atoms. The molecule has 0 unspecified atom stereocenters. The minimum absolute atomic E-state index is 0.0715. The Morgan fingerprint density at radius 1 is 1.24 bits per heavy atom. The topological polar surface area (TPSA) is 139 Å². The lowest BCUT2D eigenvalue weighted by Gasteiger charge is -2.33. The highest BCUT2D eigenvalue weighted by Crippen LogP contribution is 2.31. The van der Waals surface area contributed by atoms with Crippen molar-refractivity contribution < 1.29 is 17.9 Å². The molecule has 1 atom stereocenters. The van der Waals surface area contributed by atoms with Crippen molar-refractivity contribution in [2.24, 2.45) is 16.0 Å². The van der Waals surface area contributed by atoms with Crippen LogP contribution in [0.4, 0.5) is 11.5 Å². The maximum atomic E-state index is 12.2. The highest BCUT2D eigenvalue weighted by atomic mass is 32.2. The zero-order valence-corrected chi connectivity index (χ0v) is 18.8. The summed E-state index contributed by atoms with van der Waals surface area (Å²) in [5, 5.41) is 2.97. The summed E-state index contributed by atoms with van der Waals surface area (Å²) in [6.45, 7) is 2.11. The first-order valence-corrected chi connectivity index (χ1v) is 12.5. The van der Waals surface area contributed by atoms with E-state index in [0.29, 0.717) is 35.2 Å². The SMILES string of the molecule is NC1=NS(=O)(=O)Nc2cccc(OC[C@H]3CCCN(c4ccc(C(=O)NC5CC5)cn4)C3)c21. The van der Waals surface area contributed by atoms with Crippen molar-refractivity contribution >= 4 is 33.5 Å². The molecule has 5 rings (SSSR count). The van der Waals surface area contributed by atoms with Crippen LogP contribution in [-0.4, -0.2) is 50.9 Å². The first-order valence-electron chi connectivity index (χ1n) is 11.0. The number of hydrogen-bond donors (Lipinski definition) is 3. The maximum absolute atomic E-state index is 12.2. The van der Waals surface area contributed by atoms with Crippen LogP contribution in [0.3, 0.4) is 0 Å². The lowest BCUT2D eigenvalue weighted by Crippen LogP contribution is -2.38. The van der Waals surface area contributed by atoms with Crippen molar-refractivity contribution in [1.82, 2.24) is 10.3 Å². The smallest absolute Gasteiger partial charge is 0.344 e. The summed E-state index contributed by atoms with van der Waals surface area (Å²) in [6.07, 6.45) is 5.73. The van der Waals surface area contributed by atoms with Crippen molar-refractivity contribution in [3.05, 3.63) is 47.7 Å². The Labute approximate surface area is 192 Å². The minimum Gasteiger partial charge on any atom is -0.492 e. The Hall–Kier alpha value is -3.34. The molecule has 2 fully saturated rings. The van der Waals surface area contributed by atoms with Gasteiger partial charge in [0.2, 0.25) is 0 Å². The lowest BCUT2D eigenvalue weighted by atomic mass is 9.99. The Morgan fingerprint density at radius 3 is 2.85 bits per heavy atom. The van der Waals surface area contributed by atoms with E-state index in [1.54, 1.807) is 24.4 Å². The number of benzene rings is 1. The zero-order valence-electron chi connectivity index (χ0n) is 18.0. The minimum atomic E-state index is -3.83. The molecule has 1 saturated carbocycles. The van der Waals surface area contributed by atoms with Crippen LogP contribution in [-0.2, 0) is 10.2 Å². The number of nitrogens with one attached hydrogen (secondary N) is 2. The first kappa shape index (κ1) is 21.5. The molecule has 0 radical (unpaired) electrons. The fourth-order valence-corrected chi connectivity index (χ4v) is 5.00. The van der Waals surface area contributed by atoms with Crippen molar-refractivity contribution in [1.29, 1.82) is 0 Å². The molecule has 1 amide bonds. The molecule has 0 bridgehead atoms. The average molecular weight is 471 g/mol. The third kappa shape index (κ3) is 4.87. The van der Waals surface area contributed by atoms with E-state index in [4.69, 9.17) is 10.5 Å². The molecule has 10 nitrogen and oxygen atoms in total. The van der Waals surface area contributed by atoms with E-state index < -0.39 is 10.2 Å². The summed E-state index contributed by atoms with van der Waals surface area (Å²) < 4.78 is 35.5. The van der Waals surface area contributed by atoms with Crippen LogP contribution in [0.15, 0.2) is 40.9 Å². The average Bonchev–Trinajstić information content (AvgIpc) is 3.61. The summed E-state index contributed by atoms with van der Waals surface area (Å²) in [5.41, 5.74) is 7.30. The van der Waals surface area contributed by atoms with E-state index in [0.717, 1.165) is 44.6 Å². The van der Waals surface area contributed by atoms with E-state index >= 15 is 0 Å². The summed E-state index contributed by atoms with van der Waals surface area (Å²) in [7, 11) is -3.83. The first-order chi connectivity index (χ1) is 15.9. The van der Waals surface area contributed by atoms with Crippen molar-refractivity contribution in [2.75, 3.05) is 29.3 Å². The summed E-state index contributed by atoms with van der Waals surface area (Å²) >= 11 is 0. The molecule has 1 aliphatic carbocycles. The number of nitrogens with two attached hydrogens (primary N) is 1. The Kier molecular flexibility index (Phi) is 5.57.